The average molecular weight is 272 g/mol. The number of amides is 1. The normalized spacial score (nSPS) is 9.74. The van der Waals surface area contributed by atoms with Crippen molar-refractivity contribution in [3.8, 4) is 6.07 Å². The lowest BCUT2D eigenvalue weighted by atomic mass is 10.2. The molecule has 19 heavy (non-hydrogen) atoms. The number of nitrogens with zero attached hydrogens (tertiary/aromatic N) is 3. The maximum atomic E-state index is 12.3. The molecule has 1 aromatic heterocycles. The predicted octanol–water partition coefficient (Wildman–Crippen LogP) is 2.88. The van der Waals surface area contributed by atoms with Gasteiger partial charge >= 0.3 is 0 Å². The summed E-state index contributed by atoms with van der Waals surface area (Å²) in [6, 6.07) is 12.1. The summed E-state index contributed by atoms with van der Waals surface area (Å²) in [5.74, 6) is -0.270. The summed E-state index contributed by atoms with van der Waals surface area (Å²) >= 11 is 5.90. The van der Waals surface area contributed by atoms with Crippen molar-refractivity contribution in [2.24, 2.45) is 0 Å². The second-order valence-electron chi connectivity index (χ2n) is 3.87. The van der Waals surface area contributed by atoms with Gasteiger partial charge in [-0.3, -0.25) is 4.79 Å². The van der Waals surface area contributed by atoms with Crippen molar-refractivity contribution >= 4 is 23.2 Å². The molecule has 0 bridgehead atoms. The third-order valence-corrected chi connectivity index (χ3v) is 2.96. The number of hydrogen-bond donors (Lipinski definition) is 0. The zero-order valence-electron chi connectivity index (χ0n) is 10.2. The molecule has 0 aliphatic heterocycles. The van der Waals surface area contributed by atoms with Crippen LogP contribution in [0.5, 0.6) is 0 Å². The summed E-state index contributed by atoms with van der Waals surface area (Å²) in [5, 5.41) is 9.02. The Bertz CT molecular complexity index is 664. The Morgan fingerprint density at radius 3 is 2.84 bits per heavy atom. The van der Waals surface area contributed by atoms with E-state index in [4.69, 9.17) is 16.9 Å². The maximum Gasteiger partial charge on any atom is 0.261 e. The van der Waals surface area contributed by atoms with Crippen LogP contribution in [0.4, 0.5) is 5.69 Å². The zero-order valence-corrected chi connectivity index (χ0v) is 10.9. The van der Waals surface area contributed by atoms with Gasteiger partial charge in [-0.25, -0.2) is 4.98 Å². The molecular formula is C14H10ClN3O. The van der Waals surface area contributed by atoms with Gasteiger partial charge in [-0.15, -0.1) is 0 Å². The molecule has 0 fully saturated rings. The summed E-state index contributed by atoms with van der Waals surface area (Å²) in [7, 11) is 1.63. The van der Waals surface area contributed by atoms with Gasteiger partial charge in [0.05, 0.1) is 17.2 Å². The Kier molecular flexibility index (Phi) is 3.79. The first-order valence-electron chi connectivity index (χ1n) is 5.52. The molecule has 0 atom stereocenters. The molecule has 2 rings (SSSR count). The first-order valence-corrected chi connectivity index (χ1v) is 5.90. The molecule has 0 saturated heterocycles. The van der Waals surface area contributed by atoms with Gasteiger partial charge in [-0.1, -0.05) is 17.7 Å². The molecule has 0 radical (unpaired) electrons. The fourth-order valence-corrected chi connectivity index (χ4v) is 1.83. The number of anilines is 1. The quantitative estimate of drug-likeness (QED) is 0.789. The van der Waals surface area contributed by atoms with Gasteiger partial charge in [0.1, 0.15) is 5.15 Å². The number of carbonyl (C=O) groups is 1. The molecule has 4 nitrogen and oxygen atoms in total. The van der Waals surface area contributed by atoms with E-state index in [-0.39, 0.29) is 11.1 Å². The van der Waals surface area contributed by atoms with Crippen LogP contribution < -0.4 is 4.90 Å². The second kappa shape index (κ2) is 5.51. The summed E-state index contributed by atoms with van der Waals surface area (Å²) in [6.45, 7) is 0. The molecule has 1 amide bonds. The van der Waals surface area contributed by atoms with E-state index in [1.54, 1.807) is 43.4 Å². The SMILES string of the molecule is CN(C(=O)c1cccnc1Cl)c1cccc(C#N)c1. The Hall–Kier alpha value is -2.38. The average Bonchev–Trinajstić information content (AvgIpc) is 2.46. The molecule has 0 spiro atoms. The van der Waals surface area contributed by atoms with E-state index in [1.165, 1.54) is 11.1 Å². The standard InChI is InChI=1S/C14H10ClN3O/c1-18(11-5-2-4-10(8-11)9-16)14(19)12-6-3-7-17-13(12)15/h2-8H,1H3. The predicted molar refractivity (Wildman–Crippen MR) is 73.1 cm³/mol. The summed E-state index contributed by atoms with van der Waals surface area (Å²) in [6.07, 6.45) is 1.52. The van der Waals surface area contributed by atoms with Crippen LogP contribution in [0.2, 0.25) is 5.15 Å². The number of aromatic nitrogens is 1. The highest BCUT2D eigenvalue weighted by Gasteiger charge is 2.17. The maximum absolute atomic E-state index is 12.3. The number of nitriles is 1. The fraction of sp³-hybridized carbons (Fsp3) is 0.0714. The number of halogens is 1. The fourth-order valence-electron chi connectivity index (χ4n) is 1.63. The van der Waals surface area contributed by atoms with Crippen molar-refractivity contribution in [2.75, 3.05) is 11.9 Å². The van der Waals surface area contributed by atoms with E-state index in [9.17, 15) is 4.79 Å². The topological polar surface area (TPSA) is 57.0 Å². The molecule has 5 heteroatoms. The van der Waals surface area contributed by atoms with E-state index in [1.807, 2.05) is 6.07 Å². The number of benzene rings is 1. The van der Waals surface area contributed by atoms with Crippen LogP contribution in [-0.4, -0.2) is 17.9 Å². The first-order chi connectivity index (χ1) is 9.13. The van der Waals surface area contributed by atoms with Crippen molar-refractivity contribution in [3.05, 3.63) is 58.9 Å². The molecular weight excluding hydrogens is 262 g/mol. The molecule has 0 saturated carbocycles. The van der Waals surface area contributed by atoms with Crippen molar-refractivity contribution < 1.29 is 4.79 Å². The van der Waals surface area contributed by atoms with E-state index in [0.717, 1.165) is 0 Å². The van der Waals surface area contributed by atoms with Crippen molar-refractivity contribution in [2.45, 2.75) is 0 Å². The molecule has 2 aromatic rings. The van der Waals surface area contributed by atoms with Crippen LogP contribution in [0.15, 0.2) is 42.6 Å². The summed E-state index contributed by atoms with van der Waals surface area (Å²) in [4.78, 5) is 17.6. The lowest BCUT2D eigenvalue weighted by Gasteiger charge is -2.17. The van der Waals surface area contributed by atoms with E-state index in [0.29, 0.717) is 16.8 Å². The highest BCUT2D eigenvalue weighted by molar-refractivity contribution is 6.33. The van der Waals surface area contributed by atoms with Crippen LogP contribution >= 0.6 is 11.6 Å². The third-order valence-electron chi connectivity index (χ3n) is 2.66. The number of pyridine rings is 1. The van der Waals surface area contributed by atoms with Crippen LogP contribution in [0.3, 0.4) is 0 Å². The minimum absolute atomic E-state index is 0.163. The van der Waals surface area contributed by atoms with Gasteiger partial charge in [0.25, 0.3) is 5.91 Å². The zero-order chi connectivity index (χ0) is 13.8. The lowest BCUT2D eigenvalue weighted by molar-refractivity contribution is 0.0993. The highest BCUT2D eigenvalue weighted by Crippen LogP contribution is 2.19. The van der Waals surface area contributed by atoms with Gasteiger partial charge in [0.15, 0.2) is 0 Å². The van der Waals surface area contributed by atoms with E-state index >= 15 is 0 Å². The van der Waals surface area contributed by atoms with Gasteiger partial charge < -0.3 is 4.90 Å². The van der Waals surface area contributed by atoms with Crippen LogP contribution in [0, 0.1) is 11.3 Å². The third kappa shape index (κ3) is 2.72. The summed E-state index contributed by atoms with van der Waals surface area (Å²) < 4.78 is 0. The van der Waals surface area contributed by atoms with E-state index in [2.05, 4.69) is 4.98 Å². The van der Waals surface area contributed by atoms with Crippen molar-refractivity contribution in [1.82, 2.24) is 4.98 Å². The number of rotatable bonds is 2. The molecule has 94 valence electrons. The monoisotopic (exact) mass is 271 g/mol. The second-order valence-corrected chi connectivity index (χ2v) is 4.23. The molecule has 0 aliphatic rings. The molecule has 1 heterocycles. The van der Waals surface area contributed by atoms with Gasteiger partial charge in [0.2, 0.25) is 0 Å². The van der Waals surface area contributed by atoms with Crippen LogP contribution in [0.25, 0.3) is 0 Å². The molecule has 0 N–H and O–H groups in total. The lowest BCUT2D eigenvalue weighted by Crippen LogP contribution is -2.26. The highest BCUT2D eigenvalue weighted by atomic mass is 35.5. The van der Waals surface area contributed by atoms with Crippen molar-refractivity contribution in [1.29, 1.82) is 5.26 Å². The first kappa shape index (κ1) is 13.1. The summed E-state index contributed by atoms with van der Waals surface area (Å²) in [5.41, 5.74) is 1.45. The van der Waals surface area contributed by atoms with E-state index < -0.39 is 0 Å². The van der Waals surface area contributed by atoms with Gasteiger partial charge in [-0.05, 0) is 30.3 Å². The minimum atomic E-state index is -0.270. The molecule has 0 unspecified atom stereocenters. The Balaban J connectivity index is 2.34. The van der Waals surface area contributed by atoms with Gasteiger partial charge in [-0.2, -0.15) is 5.26 Å². The molecule has 1 aromatic carbocycles. The Morgan fingerprint density at radius 2 is 2.16 bits per heavy atom. The molecule has 0 aliphatic carbocycles. The largest absolute Gasteiger partial charge is 0.311 e. The van der Waals surface area contributed by atoms with Crippen molar-refractivity contribution in [3.63, 3.8) is 0 Å². The smallest absolute Gasteiger partial charge is 0.261 e. The Morgan fingerprint density at radius 1 is 1.37 bits per heavy atom. The number of hydrogen-bond acceptors (Lipinski definition) is 3. The minimum Gasteiger partial charge on any atom is -0.311 e. The van der Waals surface area contributed by atoms with Gasteiger partial charge in [0, 0.05) is 18.9 Å². The van der Waals surface area contributed by atoms with Crippen LogP contribution in [-0.2, 0) is 0 Å². The Labute approximate surface area is 115 Å². The number of carbonyl (C=O) groups excluding carboxylic acids is 1. The van der Waals surface area contributed by atoms with Crippen LogP contribution in [0.1, 0.15) is 15.9 Å².